The van der Waals surface area contributed by atoms with Gasteiger partial charge in [-0.15, -0.1) is 0 Å². The molecule has 1 aromatic rings. The topological polar surface area (TPSA) is 121 Å². The van der Waals surface area contributed by atoms with Crippen LogP contribution in [0.3, 0.4) is 0 Å². The Bertz CT molecular complexity index is 504. The van der Waals surface area contributed by atoms with E-state index < -0.39 is 34.6 Å². The molecule has 0 spiro atoms. The second-order valence-electron chi connectivity index (χ2n) is 3.01. The molecule has 0 bridgehead atoms. The Hall–Kier alpha value is -2.57. The summed E-state index contributed by atoms with van der Waals surface area (Å²) in [5, 5.41) is 26.6. The Morgan fingerprint density at radius 1 is 1.12 bits per heavy atom. The quantitative estimate of drug-likeness (QED) is 0.513. The van der Waals surface area contributed by atoms with Crippen LogP contribution in [-0.2, 0) is 4.79 Å². The number of carbonyl (C=O) groups is 3. The number of carboxylic acids is 2. The number of Topliss-reactive ketones (excluding diaryl/α,β-unsaturated/α-hetero) is 1. The minimum absolute atomic E-state index is 0.208. The first-order valence-corrected chi connectivity index (χ1v) is 4.30. The Morgan fingerprint density at radius 2 is 1.71 bits per heavy atom. The smallest absolute Gasteiger partial charge is 0.377 e. The summed E-state index contributed by atoms with van der Waals surface area (Å²) in [5.74, 6) is -5.37. The summed E-state index contributed by atoms with van der Waals surface area (Å²) < 4.78 is 4.70. The van der Waals surface area contributed by atoms with Crippen molar-refractivity contribution >= 4 is 17.7 Å². The lowest BCUT2D eigenvalue weighted by Gasteiger charge is -2.08. The standard InChI is InChI=1S/C10H8O7/c1-17-7-3-6(11)4(9(13)14)2-5(7)8(12)10(15)16/h2-3,11H,1H3,(H,13,14)(H,15,16). The fraction of sp³-hybridized carbons (Fsp3) is 0.100. The van der Waals surface area contributed by atoms with Gasteiger partial charge < -0.3 is 20.1 Å². The second-order valence-corrected chi connectivity index (χ2v) is 3.01. The van der Waals surface area contributed by atoms with Gasteiger partial charge in [0.05, 0.1) is 12.7 Å². The van der Waals surface area contributed by atoms with E-state index in [0.717, 1.165) is 19.2 Å². The molecular formula is C10H8O7. The number of aromatic carboxylic acids is 1. The summed E-state index contributed by atoms with van der Waals surface area (Å²) in [6.45, 7) is 0. The molecule has 0 radical (unpaired) electrons. The maximum absolute atomic E-state index is 11.3. The van der Waals surface area contributed by atoms with Crippen LogP contribution >= 0.6 is 0 Å². The summed E-state index contributed by atoms with van der Waals surface area (Å²) in [6.07, 6.45) is 0. The molecule has 0 atom stereocenters. The van der Waals surface area contributed by atoms with E-state index in [-0.39, 0.29) is 5.75 Å². The molecule has 0 aromatic heterocycles. The fourth-order valence-corrected chi connectivity index (χ4v) is 1.20. The largest absolute Gasteiger partial charge is 0.507 e. The molecule has 0 aliphatic rings. The normalized spacial score (nSPS) is 9.71. The van der Waals surface area contributed by atoms with E-state index in [9.17, 15) is 19.5 Å². The molecule has 0 saturated heterocycles. The number of hydrogen-bond acceptors (Lipinski definition) is 5. The van der Waals surface area contributed by atoms with E-state index in [1.54, 1.807) is 0 Å². The van der Waals surface area contributed by atoms with Crippen molar-refractivity contribution in [3.05, 3.63) is 23.3 Å². The van der Waals surface area contributed by atoms with Gasteiger partial charge in [0, 0.05) is 6.07 Å². The van der Waals surface area contributed by atoms with Crippen LogP contribution in [0.1, 0.15) is 20.7 Å². The first kappa shape index (κ1) is 12.5. The first-order chi connectivity index (χ1) is 7.88. The molecule has 7 heteroatoms. The Morgan fingerprint density at radius 3 is 2.12 bits per heavy atom. The van der Waals surface area contributed by atoms with Crippen molar-refractivity contribution in [1.29, 1.82) is 0 Å². The third-order valence-corrected chi connectivity index (χ3v) is 1.99. The molecule has 1 aromatic carbocycles. The average Bonchev–Trinajstić information content (AvgIpc) is 2.26. The molecule has 0 aliphatic heterocycles. The first-order valence-electron chi connectivity index (χ1n) is 4.30. The van der Waals surface area contributed by atoms with Crippen LogP contribution in [0.4, 0.5) is 0 Å². The van der Waals surface area contributed by atoms with Gasteiger partial charge in [0.1, 0.15) is 17.1 Å². The lowest BCUT2D eigenvalue weighted by Crippen LogP contribution is -2.15. The van der Waals surface area contributed by atoms with Crippen molar-refractivity contribution in [2.24, 2.45) is 0 Å². The van der Waals surface area contributed by atoms with Crippen molar-refractivity contribution in [2.45, 2.75) is 0 Å². The number of aliphatic carboxylic acids is 1. The lowest BCUT2D eigenvalue weighted by atomic mass is 10.0. The third-order valence-electron chi connectivity index (χ3n) is 1.99. The predicted octanol–water partition coefficient (Wildman–Crippen LogP) is 0.366. The SMILES string of the molecule is COc1cc(O)c(C(=O)O)cc1C(=O)C(=O)O. The van der Waals surface area contributed by atoms with E-state index in [1.807, 2.05) is 0 Å². The van der Waals surface area contributed by atoms with Gasteiger partial charge in [0.15, 0.2) is 0 Å². The molecule has 0 fully saturated rings. The number of carboxylic acid groups (broad SMARTS) is 2. The molecule has 0 heterocycles. The van der Waals surface area contributed by atoms with Gasteiger partial charge >= 0.3 is 11.9 Å². The van der Waals surface area contributed by atoms with Crippen LogP contribution in [0.15, 0.2) is 12.1 Å². The monoisotopic (exact) mass is 240 g/mol. The number of carbonyl (C=O) groups excluding carboxylic acids is 1. The van der Waals surface area contributed by atoms with Gasteiger partial charge in [0.25, 0.3) is 5.78 Å². The minimum atomic E-state index is -1.75. The second kappa shape index (κ2) is 4.52. The number of phenols is 1. The Labute approximate surface area is 94.9 Å². The van der Waals surface area contributed by atoms with Crippen LogP contribution in [-0.4, -0.2) is 40.2 Å². The molecule has 0 saturated carbocycles. The average molecular weight is 240 g/mol. The van der Waals surface area contributed by atoms with Gasteiger partial charge in [0.2, 0.25) is 0 Å². The zero-order valence-electron chi connectivity index (χ0n) is 8.63. The molecule has 17 heavy (non-hydrogen) atoms. The number of aromatic hydroxyl groups is 1. The van der Waals surface area contributed by atoms with E-state index in [0.29, 0.717) is 0 Å². The summed E-state index contributed by atoms with van der Waals surface area (Å²) in [4.78, 5) is 32.5. The number of ketones is 1. The highest BCUT2D eigenvalue weighted by atomic mass is 16.5. The molecule has 90 valence electrons. The third kappa shape index (κ3) is 2.33. The maximum Gasteiger partial charge on any atom is 0.377 e. The number of hydrogen-bond donors (Lipinski definition) is 3. The summed E-state index contributed by atoms with van der Waals surface area (Å²) in [7, 11) is 1.16. The van der Waals surface area contributed by atoms with Crippen LogP contribution < -0.4 is 4.74 Å². The molecular weight excluding hydrogens is 232 g/mol. The highest BCUT2D eigenvalue weighted by molar-refractivity contribution is 6.40. The van der Waals surface area contributed by atoms with Crippen LogP contribution in [0.2, 0.25) is 0 Å². The summed E-state index contributed by atoms with van der Waals surface area (Å²) in [6, 6.07) is 1.63. The Kier molecular flexibility index (Phi) is 3.32. The van der Waals surface area contributed by atoms with Crippen LogP contribution in [0, 0.1) is 0 Å². The zero-order valence-corrected chi connectivity index (χ0v) is 8.63. The molecule has 1 rings (SSSR count). The van der Waals surface area contributed by atoms with E-state index >= 15 is 0 Å². The molecule has 0 aliphatic carbocycles. The number of ether oxygens (including phenoxy) is 1. The number of benzene rings is 1. The highest BCUT2D eigenvalue weighted by Crippen LogP contribution is 2.28. The van der Waals surface area contributed by atoms with Crippen molar-refractivity contribution in [3.63, 3.8) is 0 Å². The minimum Gasteiger partial charge on any atom is -0.507 e. The molecule has 3 N–H and O–H groups in total. The zero-order chi connectivity index (χ0) is 13.2. The van der Waals surface area contributed by atoms with Gasteiger partial charge in [-0.25, -0.2) is 9.59 Å². The lowest BCUT2D eigenvalue weighted by molar-refractivity contribution is -0.131. The summed E-state index contributed by atoms with van der Waals surface area (Å²) >= 11 is 0. The number of rotatable bonds is 4. The van der Waals surface area contributed by atoms with Gasteiger partial charge in [-0.2, -0.15) is 0 Å². The van der Waals surface area contributed by atoms with Gasteiger partial charge in [-0.3, -0.25) is 4.79 Å². The maximum atomic E-state index is 11.3. The molecule has 0 unspecified atom stereocenters. The molecule has 7 nitrogen and oxygen atoms in total. The van der Waals surface area contributed by atoms with Crippen molar-refractivity contribution in [1.82, 2.24) is 0 Å². The van der Waals surface area contributed by atoms with Crippen molar-refractivity contribution in [2.75, 3.05) is 7.11 Å². The van der Waals surface area contributed by atoms with E-state index in [4.69, 9.17) is 14.9 Å². The Balaban J connectivity index is 3.47. The van der Waals surface area contributed by atoms with E-state index in [1.165, 1.54) is 0 Å². The molecule has 0 amide bonds. The van der Waals surface area contributed by atoms with Crippen molar-refractivity contribution in [3.8, 4) is 11.5 Å². The number of methoxy groups -OCH3 is 1. The highest BCUT2D eigenvalue weighted by Gasteiger charge is 2.23. The van der Waals surface area contributed by atoms with Crippen molar-refractivity contribution < 1.29 is 34.4 Å². The van der Waals surface area contributed by atoms with Gasteiger partial charge in [-0.1, -0.05) is 0 Å². The summed E-state index contributed by atoms with van der Waals surface area (Å²) in [5.41, 5.74) is -1.01. The van der Waals surface area contributed by atoms with Crippen LogP contribution in [0.25, 0.3) is 0 Å². The van der Waals surface area contributed by atoms with E-state index in [2.05, 4.69) is 0 Å². The predicted molar refractivity (Wildman–Crippen MR) is 53.6 cm³/mol. The van der Waals surface area contributed by atoms with Gasteiger partial charge in [-0.05, 0) is 6.07 Å². The van der Waals surface area contributed by atoms with Crippen LogP contribution in [0.5, 0.6) is 11.5 Å². The fourth-order valence-electron chi connectivity index (χ4n) is 1.20.